The number of hydrogen-bond donors (Lipinski definition) is 1. The lowest BCUT2D eigenvalue weighted by Gasteiger charge is -2.21. The summed E-state index contributed by atoms with van der Waals surface area (Å²) in [7, 11) is -1.93. The Bertz CT molecular complexity index is 909. The van der Waals surface area contributed by atoms with Crippen molar-refractivity contribution in [2.75, 3.05) is 13.7 Å². The average molecular weight is 419 g/mol. The van der Waals surface area contributed by atoms with Crippen molar-refractivity contribution in [3.05, 3.63) is 59.7 Å². The molecule has 0 bridgehead atoms. The van der Waals surface area contributed by atoms with Gasteiger partial charge in [-0.15, -0.1) is 0 Å². The molecule has 7 heteroatoms. The van der Waals surface area contributed by atoms with Crippen LogP contribution in [0.2, 0.25) is 0 Å². The summed E-state index contributed by atoms with van der Waals surface area (Å²) in [5.41, 5.74) is 1.85. The molecule has 0 spiro atoms. The molecule has 1 N–H and O–H groups in total. The van der Waals surface area contributed by atoms with Gasteiger partial charge in [-0.3, -0.25) is 4.79 Å². The number of carbonyl (C=O) groups is 1. The first-order valence-electron chi connectivity index (χ1n) is 9.80. The molecule has 0 fully saturated rings. The smallest absolute Gasteiger partial charge is 0.243 e. The van der Waals surface area contributed by atoms with Crippen molar-refractivity contribution >= 4 is 15.9 Å². The van der Waals surface area contributed by atoms with E-state index < -0.39 is 10.0 Å². The van der Waals surface area contributed by atoms with Crippen LogP contribution in [0, 0.1) is 0 Å². The van der Waals surface area contributed by atoms with Crippen molar-refractivity contribution < 1.29 is 17.9 Å². The van der Waals surface area contributed by atoms with E-state index in [4.69, 9.17) is 4.74 Å². The van der Waals surface area contributed by atoms with Crippen LogP contribution in [0.25, 0.3) is 0 Å². The summed E-state index contributed by atoms with van der Waals surface area (Å²) in [5.74, 6) is 0.749. The molecule has 1 amide bonds. The predicted molar refractivity (Wildman–Crippen MR) is 114 cm³/mol. The maximum absolute atomic E-state index is 12.5. The minimum atomic E-state index is -3.50. The summed E-state index contributed by atoms with van der Waals surface area (Å²) in [6, 6.07) is 14.2. The first kappa shape index (κ1) is 22.9. The average Bonchev–Trinajstić information content (AvgIpc) is 2.71. The highest BCUT2D eigenvalue weighted by Crippen LogP contribution is 2.20. The van der Waals surface area contributed by atoms with Gasteiger partial charge in [-0.2, -0.15) is 4.31 Å². The van der Waals surface area contributed by atoms with Gasteiger partial charge in [0.05, 0.1) is 11.5 Å². The Morgan fingerprint density at radius 3 is 2.38 bits per heavy atom. The van der Waals surface area contributed by atoms with Gasteiger partial charge in [-0.25, -0.2) is 8.42 Å². The molecule has 0 aliphatic carbocycles. The molecule has 0 saturated heterocycles. The van der Waals surface area contributed by atoms with Crippen molar-refractivity contribution in [2.24, 2.45) is 0 Å². The summed E-state index contributed by atoms with van der Waals surface area (Å²) in [6.45, 7) is 6.53. The molecule has 2 rings (SSSR count). The molecule has 0 aromatic heterocycles. The lowest BCUT2D eigenvalue weighted by molar-refractivity contribution is -0.121. The molecule has 0 aliphatic heterocycles. The lowest BCUT2D eigenvalue weighted by atomic mass is 10.1. The van der Waals surface area contributed by atoms with Gasteiger partial charge in [0.2, 0.25) is 15.9 Å². The van der Waals surface area contributed by atoms with Crippen LogP contribution in [0.3, 0.4) is 0 Å². The van der Waals surface area contributed by atoms with Crippen LogP contribution in [0.15, 0.2) is 53.4 Å². The Balaban J connectivity index is 1.90. The monoisotopic (exact) mass is 418 g/mol. The Morgan fingerprint density at radius 1 is 1.10 bits per heavy atom. The molecular formula is C22H30N2O4S. The second kappa shape index (κ2) is 10.4. The third kappa shape index (κ3) is 6.30. The van der Waals surface area contributed by atoms with E-state index in [0.717, 1.165) is 16.9 Å². The van der Waals surface area contributed by atoms with Gasteiger partial charge in [0, 0.05) is 26.1 Å². The minimum absolute atomic E-state index is 0.0625. The number of amides is 1. The molecule has 0 atom stereocenters. The number of benzene rings is 2. The van der Waals surface area contributed by atoms with E-state index >= 15 is 0 Å². The fraction of sp³-hybridized carbons (Fsp3) is 0.409. The highest BCUT2D eigenvalue weighted by atomic mass is 32.2. The van der Waals surface area contributed by atoms with Crippen LogP contribution >= 0.6 is 0 Å². The fourth-order valence-corrected chi connectivity index (χ4v) is 4.13. The zero-order chi connectivity index (χ0) is 21.4. The number of nitrogens with one attached hydrogen (secondary N) is 1. The minimum Gasteiger partial charge on any atom is -0.494 e. The van der Waals surface area contributed by atoms with Gasteiger partial charge in [0.25, 0.3) is 0 Å². The van der Waals surface area contributed by atoms with Crippen molar-refractivity contribution in [3.63, 3.8) is 0 Å². The van der Waals surface area contributed by atoms with Gasteiger partial charge < -0.3 is 10.1 Å². The molecule has 0 unspecified atom stereocenters. The number of sulfonamides is 1. The van der Waals surface area contributed by atoms with Crippen molar-refractivity contribution in [3.8, 4) is 5.75 Å². The summed E-state index contributed by atoms with van der Waals surface area (Å²) in [4.78, 5) is 12.4. The highest BCUT2D eigenvalue weighted by molar-refractivity contribution is 7.89. The number of nitrogens with zero attached hydrogens (tertiary/aromatic N) is 1. The molecule has 0 radical (unpaired) electrons. The van der Waals surface area contributed by atoms with Crippen LogP contribution < -0.4 is 10.1 Å². The molecule has 2 aromatic rings. The number of carbonyl (C=O) groups excluding carboxylic acids is 1. The van der Waals surface area contributed by atoms with Crippen LogP contribution in [0.4, 0.5) is 0 Å². The second-order valence-corrected chi connectivity index (χ2v) is 9.07. The SMILES string of the molecule is CCOc1ccccc1CCC(=O)NCc1ccc(S(=O)(=O)N(C)C(C)C)cc1. The van der Waals surface area contributed by atoms with Crippen LogP contribution in [-0.4, -0.2) is 38.3 Å². The maximum atomic E-state index is 12.5. The molecular weight excluding hydrogens is 388 g/mol. The third-order valence-electron chi connectivity index (χ3n) is 4.71. The van der Waals surface area contributed by atoms with E-state index in [0.29, 0.717) is 26.0 Å². The molecule has 2 aromatic carbocycles. The molecule has 0 aliphatic rings. The predicted octanol–water partition coefficient (Wildman–Crippen LogP) is 3.36. The highest BCUT2D eigenvalue weighted by Gasteiger charge is 2.22. The Morgan fingerprint density at radius 2 is 1.76 bits per heavy atom. The molecule has 0 heterocycles. The third-order valence-corrected chi connectivity index (χ3v) is 6.76. The number of ether oxygens (including phenoxy) is 1. The molecule has 6 nitrogen and oxygen atoms in total. The number of aryl methyl sites for hydroxylation is 1. The lowest BCUT2D eigenvalue weighted by Crippen LogP contribution is -2.33. The summed E-state index contributed by atoms with van der Waals surface area (Å²) in [5, 5.41) is 2.88. The first-order chi connectivity index (χ1) is 13.8. The van der Waals surface area contributed by atoms with Gasteiger partial charge >= 0.3 is 0 Å². The van der Waals surface area contributed by atoms with E-state index in [9.17, 15) is 13.2 Å². The normalized spacial score (nSPS) is 11.7. The van der Waals surface area contributed by atoms with Gasteiger partial charge in [-0.1, -0.05) is 30.3 Å². The standard InChI is InChI=1S/C22H30N2O4S/c1-5-28-21-9-7-6-8-19(21)12-15-22(25)23-16-18-10-13-20(14-11-18)29(26,27)24(4)17(2)3/h6-11,13-14,17H,5,12,15-16H2,1-4H3,(H,23,25). The first-order valence-corrected chi connectivity index (χ1v) is 11.2. The summed E-state index contributed by atoms with van der Waals surface area (Å²) < 4.78 is 31.9. The van der Waals surface area contributed by atoms with Crippen LogP contribution in [0.1, 0.15) is 38.3 Å². The molecule has 29 heavy (non-hydrogen) atoms. The van der Waals surface area contributed by atoms with Crippen molar-refractivity contribution in [1.29, 1.82) is 0 Å². The fourth-order valence-electron chi connectivity index (χ4n) is 2.77. The topological polar surface area (TPSA) is 75.7 Å². The van der Waals surface area contributed by atoms with E-state index in [1.165, 1.54) is 4.31 Å². The molecule has 158 valence electrons. The summed E-state index contributed by atoms with van der Waals surface area (Å²) >= 11 is 0. The summed E-state index contributed by atoms with van der Waals surface area (Å²) in [6.07, 6.45) is 0.955. The maximum Gasteiger partial charge on any atom is 0.243 e. The number of para-hydroxylation sites is 1. The van der Waals surface area contributed by atoms with Crippen molar-refractivity contribution in [1.82, 2.24) is 9.62 Å². The quantitative estimate of drug-likeness (QED) is 0.642. The van der Waals surface area contributed by atoms with Crippen molar-refractivity contribution in [2.45, 2.75) is 51.1 Å². The van der Waals surface area contributed by atoms with E-state index in [1.54, 1.807) is 31.3 Å². The zero-order valence-electron chi connectivity index (χ0n) is 17.5. The van der Waals surface area contributed by atoms with Gasteiger partial charge in [-0.05, 0) is 56.5 Å². The van der Waals surface area contributed by atoms with E-state index in [2.05, 4.69) is 5.32 Å². The Hall–Kier alpha value is -2.38. The largest absolute Gasteiger partial charge is 0.494 e. The number of rotatable bonds is 10. The molecule has 0 saturated carbocycles. The van der Waals surface area contributed by atoms with E-state index in [-0.39, 0.29) is 16.8 Å². The number of hydrogen-bond acceptors (Lipinski definition) is 4. The van der Waals surface area contributed by atoms with E-state index in [1.807, 2.05) is 45.0 Å². The Kier molecular flexibility index (Phi) is 8.22. The Labute approximate surface area is 173 Å². The van der Waals surface area contributed by atoms with Gasteiger partial charge in [0.15, 0.2) is 0 Å². The zero-order valence-corrected chi connectivity index (χ0v) is 18.3. The second-order valence-electron chi connectivity index (χ2n) is 7.08. The van der Waals surface area contributed by atoms with Crippen LogP contribution in [0.5, 0.6) is 5.75 Å². The van der Waals surface area contributed by atoms with Gasteiger partial charge in [0.1, 0.15) is 5.75 Å². The van der Waals surface area contributed by atoms with Crippen LogP contribution in [-0.2, 0) is 27.8 Å².